The van der Waals surface area contributed by atoms with Gasteiger partial charge in [-0.3, -0.25) is 4.90 Å². The van der Waals surface area contributed by atoms with Gasteiger partial charge in [-0.2, -0.15) is 0 Å². The molecule has 4 rings (SSSR count). The van der Waals surface area contributed by atoms with Gasteiger partial charge in [-0.1, -0.05) is 24.3 Å². The number of fused-ring (bicyclic) bond motifs is 3. The summed E-state index contributed by atoms with van der Waals surface area (Å²) in [5.74, 6) is -2.57. The van der Waals surface area contributed by atoms with E-state index in [2.05, 4.69) is 23.4 Å². The highest BCUT2D eigenvalue weighted by Crippen LogP contribution is 2.42. The molecular weight excluding hydrogens is 398 g/mol. The van der Waals surface area contributed by atoms with Crippen molar-refractivity contribution in [1.82, 2.24) is 9.88 Å². The summed E-state index contributed by atoms with van der Waals surface area (Å²) in [6.45, 7) is 6.47. The summed E-state index contributed by atoms with van der Waals surface area (Å²) in [5.41, 5.74) is 2.96. The monoisotopic (exact) mass is 422 g/mol. The molecule has 6 heteroatoms. The maximum absolute atomic E-state index is 15.3. The van der Waals surface area contributed by atoms with Crippen molar-refractivity contribution in [2.75, 3.05) is 6.54 Å². The smallest absolute Gasteiger partial charge is 0.328 e. The van der Waals surface area contributed by atoms with Crippen molar-refractivity contribution in [3.8, 4) is 0 Å². The number of para-hydroxylation sites is 1. The second-order valence-electron chi connectivity index (χ2n) is 7.90. The Balaban J connectivity index is 1.89. The van der Waals surface area contributed by atoms with Gasteiger partial charge in [0.05, 0.1) is 6.04 Å². The molecule has 2 atom stereocenters. The van der Waals surface area contributed by atoms with E-state index in [0.29, 0.717) is 13.0 Å². The van der Waals surface area contributed by atoms with E-state index < -0.39 is 23.6 Å². The summed E-state index contributed by atoms with van der Waals surface area (Å²) in [4.78, 5) is 16.3. The molecule has 0 unspecified atom stereocenters. The molecule has 1 aliphatic rings. The standard InChI is InChI=1S/C25H24F2N2O2/c1-3-4-11-29-15(2)12-18-17-7-5-6-8-21(17)28-24(18)25(29)23-19(26)13-16(14-20(23)27)9-10-22(30)31/h3,5-10,13-15,25,28H,1,4,11-12H2,2H3,(H,30,31)/b10-9+/t15-,25-/m1/s1. The molecule has 31 heavy (non-hydrogen) atoms. The Morgan fingerprint density at radius 3 is 2.68 bits per heavy atom. The Morgan fingerprint density at radius 2 is 2.00 bits per heavy atom. The summed E-state index contributed by atoms with van der Waals surface area (Å²) in [7, 11) is 0. The lowest BCUT2D eigenvalue weighted by Gasteiger charge is -2.41. The van der Waals surface area contributed by atoms with Gasteiger partial charge in [0.25, 0.3) is 0 Å². The zero-order valence-corrected chi connectivity index (χ0v) is 17.2. The third-order valence-electron chi connectivity index (χ3n) is 5.90. The average Bonchev–Trinajstić information content (AvgIpc) is 3.09. The third-order valence-corrected chi connectivity index (χ3v) is 5.90. The predicted molar refractivity (Wildman–Crippen MR) is 118 cm³/mol. The minimum atomic E-state index is -1.18. The van der Waals surface area contributed by atoms with Crippen LogP contribution in [0, 0.1) is 11.6 Å². The largest absolute Gasteiger partial charge is 0.478 e. The molecule has 2 aromatic carbocycles. The van der Waals surface area contributed by atoms with E-state index in [4.69, 9.17) is 5.11 Å². The summed E-state index contributed by atoms with van der Waals surface area (Å²) in [5, 5.41) is 9.87. The van der Waals surface area contributed by atoms with Crippen LogP contribution in [-0.4, -0.2) is 33.5 Å². The highest BCUT2D eigenvalue weighted by atomic mass is 19.1. The van der Waals surface area contributed by atoms with Crippen LogP contribution >= 0.6 is 0 Å². The van der Waals surface area contributed by atoms with Crippen LogP contribution in [-0.2, 0) is 11.2 Å². The molecule has 1 aliphatic heterocycles. The molecule has 0 saturated heterocycles. The number of H-pyrrole nitrogens is 1. The zero-order valence-electron chi connectivity index (χ0n) is 17.2. The van der Waals surface area contributed by atoms with Gasteiger partial charge < -0.3 is 10.1 Å². The normalized spacial score (nSPS) is 19.1. The van der Waals surface area contributed by atoms with E-state index >= 15 is 8.78 Å². The lowest BCUT2D eigenvalue weighted by atomic mass is 9.87. The van der Waals surface area contributed by atoms with E-state index in [1.165, 1.54) is 18.2 Å². The number of carbonyl (C=O) groups is 1. The molecule has 0 saturated carbocycles. The van der Waals surface area contributed by atoms with E-state index in [-0.39, 0.29) is 17.2 Å². The Hall–Kier alpha value is -3.25. The maximum Gasteiger partial charge on any atom is 0.328 e. The molecule has 160 valence electrons. The quantitative estimate of drug-likeness (QED) is 0.410. The molecule has 0 bridgehead atoms. The van der Waals surface area contributed by atoms with Crippen molar-refractivity contribution in [1.29, 1.82) is 0 Å². The molecule has 0 radical (unpaired) electrons. The van der Waals surface area contributed by atoms with Gasteiger partial charge in [-0.05, 0) is 55.2 Å². The number of aliphatic carboxylic acids is 1. The summed E-state index contributed by atoms with van der Waals surface area (Å²) in [6, 6.07) is 9.71. The first kappa shape index (κ1) is 21.0. The van der Waals surface area contributed by atoms with E-state index in [0.717, 1.165) is 34.7 Å². The number of carboxylic acids is 1. The maximum atomic E-state index is 15.3. The van der Waals surface area contributed by atoms with Crippen LogP contribution in [0.5, 0.6) is 0 Å². The van der Waals surface area contributed by atoms with Crippen molar-refractivity contribution >= 4 is 22.9 Å². The van der Waals surface area contributed by atoms with Gasteiger partial charge in [0.1, 0.15) is 11.6 Å². The number of aromatic nitrogens is 1. The van der Waals surface area contributed by atoms with Crippen molar-refractivity contribution in [2.45, 2.75) is 31.8 Å². The van der Waals surface area contributed by atoms with Gasteiger partial charge in [0.15, 0.2) is 0 Å². The second kappa shape index (κ2) is 8.47. The fourth-order valence-corrected chi connectivity index (χ4v) is 4.54. The molecule has 4 nitrogen and oxygen atoms in total. The first-order valence-electron chi connectivity index (χ1n) is 10.3. The molecule has 0 fully saturated rings. The van der Waals surface area contributed by atoms with Crippen LogP contribution in [0.25, 0.3) is 17.0 Å². The van der Waals surface area contributed by atoms with Crippen LogP contribution in [0.2, 0.25) is 0 Å². The first-order chi connectivity index (χ1) is 14.9. The van der Waals surface area contributed by atoms with Crippen LogP contribution in [0.3, 0.4) is 0 Å². The molecule has 0 spiro atoms. The number of nitrogens with zero attached hydrogens (tertiary/aromatic N) is 1. The zero-order chi connectivity index (χ0) is 22.1. The van der Waals surface area contributed by atoms with Gasteiger partial charge >= 0.3 is 5.97 Å². The van der Waals surface area contributed by atoms with E-state index in [9.17, 15) is 4.79 Å². The molecule has 2 N–H and O–H groups in total. The number of hydrogen-bond donors (Lipinski definition) is 2. The number of hydrogen-bond acceptors (Lipinski definition) is 2. The number of nitrogens with one attached hydrogen (secondary N) is 1. The number of aromatic amines is 1. The lowest BCUT2D eigenvalue weighted by molar-refractivity contribution is -0.131. The Kier molecular flexibility index (Phi) is 5.74. The van der Waals surface area contributed by atoms with Crippen LogP contribution < -0.4 is 0 Å². The molecule has 2 heterocycles. The summed E-state index contributed by atoms with van der Waals surface area (Å²) >= 11 is 0. The van der Waals surface area contributed by atoms with Crippen LogP contribution in [0.1, 0.15) is 41.8 Å². The summed E-state index contributed by atoms with van der Waals surface area (Å²) in [6.07, 6.45) is 5.32. The molecule has 1 aromatic heterocycles. The van der Waals surface area contributed by atoms with Gasteiger partial charge in [0, 0.05) is 40.8 Å². The Bertz CT molecular complexity index is 1160. The fraction of sp³-hybridized carbons (Fsp3) is 0.240. The van der Waals surface area contributed by atoms with Gasteiger partial charge in [-0.25, -0.2) is 13.6 Å². The number of halogens is 2. The number of benzene rings is 2. The highest BCUT2D eigenvalue weighted by Gasteiger charge is 2.38. The minimum Gasteiger partial charge on any atom is -0.478 e. The second-order valence-corrected chi connectivity index (χ2v) is 7.90. The fourth-order valence-electron chi connectivity index (χ4n) is 4.54. The van der Waals surface area contributed by atoms with Crippen LogP contribution in [0.15, 0.2) is 55.1 Å². The Labute approximate surface area is 179 Å². The third kappa shape index (κ3) is 3.91. The lowest BCUT2D eigenvalue weighted by Crippen LogP contribution is -2.43. The van der Waals surface area contributed by atoms with E-state index in [1.54, 1.807) is 6.08 Å². The highest BCUT2D eigenvalue weighted by molar-refractivity contribution is 5.86. The Morgan fingerprint density at radius 1 is 1.29 bits per heavy atom. The predicted octanol–water partition coefficient (Wildman–Crippen LogP) is 5.46. The van der Waals surface area contributed by atoms with Crippen molar-refractivity contribution in [3.05, 3.63) is 89.1 Å². The molecule has 0 aliphatic carbocycles. The SMILES string of the molecule is C=CCCN1[C@H](c2c(F)cc(/C=C/C(=O)O)cc2F)c2[nH]c3ccccc3c2C[C@H]1C. The van der Waals surface area contributed by atoms with Crippen molar-refractivity contribution in [3.63, 3.8) is 0 Å². The van der Waals surface area contributed by atoms with E-state index in [1.807, 2.05) is 24.3 Å². The topological polar surface area (TPSA) is 56.3 Å². The van der Waals surface area contributed by atoms with Gasteiger partial charge in [0.2, 0.25) is 0 Å². The van der Waals surface area contributed by atoms with Crippen molar-refractivity contribution < 1.29 is 18.7 Å². The van der Waals surface area contributed by atoms with Crippen molar-refractivity contribution in [2.24, 2.45) is 0 Å². The average molecular weight is 422 g/mol. The first-order valence-corrected chi connectivity index (χ1v) is 10.3. The minimum absolute atomic E-state index is 0.0316. The molecule has 0 amide bonds. The summed E-state index contributed by atoms with van der Waals surface area (Å²) < 4.78 is 30.6. The molecular formula is C25H24F2N2O2. The van der Waals surface area contributed by atoms with Gasteiger partial charge in [-0.15, -0.1) is 6.58 Å². The molecule has 3 aromatic rings. The number of carboxylic acid groups (broad SMARTS) is 1. The van der Waals surface area contributed by atoms with Crippen LogP contribution in [0.4, 0.5) is 8.78 Å². The number of rotatable bonds is 6.